The molecule has 1 heterocycles. The number of nitrogens with one attached hydrogen (secondary N) is 1. The third kappa shape index (κ3) is 2.70. The van der Waals surface area contributed by atoms with Crippen molar-refractivity contribution in [1.82, 2.24) is 0 Å². The number of carbonyl (C=O) groups excluding carboxylic acids is 1. The molecule has 1 unspecified atom stereocenters. The summed E-state index contributed by atoms with van der Waals surface area (Å²) in [5.74, 6) is 0.647. The highest BCUT2D eigenvalue weighted by Gasteiger charge is 2.28. The Morgan fingerprint density at radius 1 is 1.33 bits per heavy atom. The quantitative estimate of drug-likeness (QED) is 0.851. The lowest BCUT2D eigenvalue weighted by molar-refractivity contribution is -0.122. The van der Waals surface area contributed by atoms with Crippen LogP contribution >= 0.6 is 0 Å². The zero-order valence-corrected chi connectivity index (χ0v) is 11.9. The summed E-state index contributed by atoms with van der Waals surface area (Å²) in [5.41, 5.74) is 9.50. The third-order valence-electron chi connectivity index (χ3n) is 3.73. The summed E-state index contributed by atoms with van der Waals surface area (Å²) in [7, 11) is 0. The number of fused-ring (bicyclic) bond motifs is 1. The number of hydrogen-bond donors (Lipinski definition) is 2. The summed E-state index contributed by atoms with van der Waals surface area (Å²) in [5, 5.41) is 2.87. The molecule has 1 aliphatic rings. The Balaban J connectivity index is 1.69. The number of aryl methyl sites for hydroxylation is 1. The Kier molecular flexibility index (Phi) is 3.52. The number of nitrogen functional groups attached to an aromatic ring is 1. The van der Waals surface area contributed by atoms with Crippen molar-refractivity contribution in [3.05, 3.63) is 53.6 Å². The summed E-state index contributed by atoms with van der Waals surface area (Å²) in [4.78, 5) is 12.3. The van der Waals surface area contributed by atoms with E-state index in [4.69, 9.17) is 10.5 Å². The lowest BCUT2D eigenvalue weighted by Gasteiger charge is -2.12. The van der Waals surface area contributed by atoms with E-state index in [-0.39, 0.29) is 5.91 Å². The van der Waals surface area contributed by atoms with Gasteiger partial charge in [-0.05, 0) is 35.7 Å². The number of hydrogen-bond acceptors (Lipinski definition) is 3. The number of anilines is 2. The molecule has 4 nitrogen and oxygen atoms in total. The van der Waals surface area contributed by atoms with E-state index in [1.807, 2.05) is 43.3 Å². The lowest BCUT2D eigenvalue weighted by Crippen LogP contribution is -2.31. The van der Waals surface area contributed by atoms with Crippen molar-refractivity contribution in [2.75, 3.05) is 11.1 Å². The minimum atomic E-state index is -0.477. The molecule has 1 amide bonds. The van der Waals surface area contributed by atoms with Crippen LogP contribution in [0.15, 0.2) is 42.5 Å². The van der Waals surface area contributed by atoms with Crippen LogP contribution in [-0.4, -0.2) is 12.0 Å². The minimum absolute atomic E-state index is 0.144. The number of amides is 1. The summed E-state index contributed by atoms with van der Waals surface area (Å²) >= 11 is 0. The second-order valence-corrected chi connectivity index (χ2v) is 5.17. The molecular weight excluding hydrogens is 264 g/mol. The van der Waals surface area contributed by atoms with Crippen LogP contribution in [0, 0.1) is 0 Å². The van der Waals surface area contributed by atoms with Crippen LogP contribution in [0.1, 0.15) is 18.1 Å². The fraction of sp³-hybridized carbons (Fsp3) is 0.235. The molecule has 2 aromatic rings. The molecule has 0 fully saturated rings. The van der Waals surface area contributed by atoms with Gasteiger partial charge < -0.3 is 15.8 Å². The predicted octanol–water partition coefficient (Wildman–Crippen LogP) is 2.77. The molecule has 108 valence electrons. The van der Waals surface area contributed by atoms with Crippen LogP contribution in [-0.2, 0) is 17.6 Å². The Bertz CT molecular complexity index is 657. The van der Waals surface area contributed by atoms with Crippen molar-refractivity contribution < 1.29 is 9.53 Å². The van der Waals surface area contributed by atoms with Crippen LogP contribution in [0.25, 0.3) is 0 Å². The molecule has 3 rings (SSSR count). The zero-order chi connectivity index (χ0) is 14.8. The number of nitrogens with two attached hydrogens (primary N) is 1. The van der Waals surface area contributed by atoms with Gasteiger partial charge in [-0.2, -0.15) is 0 Å². The zero-order valence-electron chi connectivity index (χ0n) is 11.9. The summed E-state index contributed by atoms with van der Waals surface area (Å²) in [6.07, 6.45) is 1.00. The normalized spacial score (nSPS) is 16.1. The lowest BCUT2D eigenvalue weighted by atomic mass is 10.1. The van der Waals surface area contributed by atoms with Gasteiger partial charge in [0.15, 0.2) is 6.10 Å². The van der Waals surface area contributed by atoms with Crippen molar-refractivity contribution >= 4 is 17.3 Å². The first-order valence-corrected chi connectivity index (χ1v) is 7.11. The van der Waals surface area contributed by atoms with Gasteiger partial charge in [0.25, 0.3) is 5.91 Å². The van der Waals surface area contributed by atoms with E-state index in [1.165, 1.54) is 0 Å². The first-order valence-electron chi connectivity index (χ1n) is 7.11. The van der Waals surface area contributed by atoms with Crippen LogP contribution in [0.4, 0.5) is 11.4 Å². The Morgan fingerprint density at radius 2 is 2.14 bits per heavy atom. The second-order valence-electron chi connectivity index (χ2n) is 5.17. The minimum Gasteiger partial charge on any atom is -0.480 e. The first kappa shape index (κ1) is 13.5. The maximum absolute atomic E-state index is 12.3. The molecule has 0 aromatic heterocycles. The van der Waals surface area contributed by atoms with Gasteiger partial charge in [0, 0.05) is 17.8 Å². The maximum atomic E-state index is 12.3. The molecular formula is C17H18N2O2. The van der Waals surface area contributed by atoms with Crippen molar-refractivity contribution in [2.45, 2.75) is 25.9 Å². The average Bonchev–Trinajstić information content (AvgIpc) is 2.91. The molecule has 1 atom stereocenters. The van der Waals surface area contributed by atoms with Gasteiger partial charge in [-0.1, -0.05) is 31.2 Å². The fourth-order valence-electron chi connectivity index (χ4n) is 2.55. The number of ether oxygens (including phenoxy) is 1. The van der Waals surface area contributed by atoms with Crippen LogP contribution in [0.5, 0.6) is 5.75 Å². The van der Waals surface area contributed by atoms with Crippen LogP contribution in [0.3, 0.4) is 0 Å². The van der Waals surface area contributed by atoms with Gasteiger partial charge >= 0.3 is 0 Å². The van der Waals surface area contributed by atoms with Gasteiger partial charge in [-0.15, -0.1) is 0 Å². The van der Waals surface area contributed by atoms with Crippen molar-refractivity contribution in [1.29, 1.82) is 0 Å². The van der Waals surface area contributed by atoms with Gasteiger partial charge in [0.1, 0.15) is 5.75 Å². The molecule has 0 bridgehead atoms. The average molecular weight is 282 g/mol. The number of benzene rings is 2. The van der Waals surface area contributed by atoms with Crippen molar-refractivity contribution in [3.63, 3.8) is 0 Å². The standard InChI is InChI=1S/C17H18N2O2/c1-2-11-7-8-13(10-14(11)18)19-17(20)16-9-12-5-3-4-6-15(12)21-16/h3-8,10,16H,2,9,18H2,1H3,(H,19,20). The summed E-state index contributed by atoms with van der Waals surface area (Å²) in [6.45, 7) is 2.05. The highest BCUT2D eigenvalue weighted by molar-refractivity contribution is 5.95. The van der Waals surface area contributed by atoms with E-state index in [0.717, 1.165) is 23.3 Å². The first-order chi connectivity index (χ1) is 10.2. The van der Waals surface area contributed by atoms with E-state index in [1.54, 1.807) is 6.07 Å². The van der Waals surface area contributed by atoms with Crippen molar-refractivity contribution in [3.8, 4) is 5.75 Å². The molecule has 0 saturated carbocycles. The topological polar surface area (TPSA) is 64.3 Å². The van der Waals surface area contributed by atoms with Gasteiger partial charge in [0.2, 0.25) is 0 Å². The number of carbonyl (C=O) groups is 1. The highest BCUT2D eigenvalue weighted by atomic mass is 16.5. The molecule has 4 heteroatoms. The van der Waals surface area contributed by atoms with Gasteiger partial charge in [-0.25, -0.2) is 0 Å². The van der Waals surface area contributed by atoms with Crippen LogP contribution in [0.2, 0.25) is 0 Å². The molecule has 0 spiro atoms. The Labute approximate surface area is 123 Å². The van der Waals surface area contributed by atoms with E-state index >= 15 is 0 Å². The largest absolute Gasteiger partial charge is 0.480 e. The van der Waals surface area contributed by atoms with Crippen LogP contribution < -0.4 is 15.8 Å². The summed E-state index contributed by atoms with van der Waals surface area (Å²) < 4.78 is 5.67. The Morgan fingerprint density at radius 3 is 2.86 bits per heavy atom. The van der Waals surface area contributed by atoms with Crippen molar-refractivity contribution in [2.24, 2.45) is 0 Å². The second kappa shape index (κ2) is 5.48. The molecule has 2 aromatic carbocycles. The molecule has 3 N–H and O–H groups in total. The van der Waals surface area contributed by atoms with E-state index in [0.29, 0.717) is 17.8 Å². The van der Waals surface area contributed by atoms with E-state index in [2.05, 4.69) is 5.32 Å². The Hall–Kier alpha value is -2.49. The fourth-order valence-corrected chi connectivity index (χ4v) is 2.55. The molecule has 0 aliphatic carbocycles. The maximum Gasteiger partial charge on any atom is 0.265 e. The van der Waals surface area contributed by atoms with Gasteiger partial charge in [-0.3, -0.25) is 4.79 Å². The molecule has 0 saturated heterocycles. The number of para-hydroxylation sites is 1. The summed E-state index contributed by atoms with van der Waals surface area (Å²) in [6, 6.07) is 13.3. The smallest absolute Gasteiger partial charge is 0.265 e. The predicted molar refractivity (Wildman–Crippen MR) is 83.4 cm³/mol. The third-order valence-corrected chi connectivity index (χ3v) is 3.73. The van der Waals surface area contributed by atoms with E-state index in [9.17, 15) is 4.79 Å². The van der Waals surface area contributed by atoms with E-state index < -0.39 is 6.10 Å². The van der Waals surface area contributed by atoms with Gasteiger partial charge in [0.05, 0.1) is 0 Å². The molecule has 0 radical (unpaired) electrons. The SMILES string of the molecule is CCc1ccc(NC(=O)C2Cc3ccccc3O2)cc1N. The molecule has 1 aliphatic heterocycles. The monoisotopic (exact) mass is 282 g/mol. The molecule has 21 heavy (non-hydrogen) atoms. The highest BCUT2D eigenvalue weighted by Crippen LogP contribution is 2.29. The number of rotatable bonds is 3.